The van der Waals surface area contributed by atoms with Gasteiger partial charge in [-0.3, -0.25) is 19.3 Å². The Morgan fingerprint density at radius 2 is 1.90 bits per heavy atom. The number of nitrogens with zero attached hydrogens (tertiary/aromatic N) is 1. The summed E-state index contributed by atoms with van der Waals surface area (Å²) in [7, 11) is -11.4. The molecule has 0 aromatic heterocycles. The maximum atomic E-state index is 13.6. The van der Waals surface area contributed by atoms with Gasteiger partial charge in [-0.2, -0.15) is 0 Å². The lowest BCUT2D eigenvalue weighted by Crippen LogP contribution is -2.37. The van der Waals surface area contributed by atoms with Gasteiger partial charge in [0.2, 0.25) is 5.91 Å². The van der Waals surface area contributed by atoms with Crippen molar-refractivity contribution in [2.45, 2.75) is 12.9 Å². The Balaban J connectivity index is 2.22. The van der Waals surface area contributed by atoms with Crippen LogP contribution in [0, 0.1) is 0 Å². The number of nitrogens with one attached hydrogen (secondary N) is 1. The van der Waals surface area contributed by atoms with Gasteiger partial charge < -0.3 is 14.8 Å². The van der Waals surface area contributed by atoms with Crippen LogP contribution in [-0.2, 0) is 14.6 Å². The second kappa shape index (κ2) is 8.38. The molecule has 0 spiro atoms. The Kier molecular flexibility index (Phi) is 3.05. The van der Waals surface area contributed by atoms with Crippen molar-refractivity contribution in [3.8, 4) is 11.5 Å². The number of carbonyl (C=O) groups excluding carboxylic acids is 3. The largest absolute Gasteiger partial charge is 0.493 e. The monoisotopic (exact) mass is 458 g/mol. The standard InChI is InChI=1S/C21H22N2O7S/c1-12(24)22-15-7-5-6-14-19(15)21(26)23(20(14)25)16(11-31(4,27)28)13-8-9-17(29-2)18(10-13)30-3/h5-10,16H,11H2,1-4H3,(H,22,24)/i1D3,2D3,3D3,4D3. The highest BCUT2D eigenvalue weighted by atomic mass is 32.2. The van der Waals surface area contributed by atoms with E-state index in [1.807, 2.05) is 5.32 Å². The van der Waals surface area contributed by atoms with Crippen LogP contribution in [0.25, 0.3) is 0 Å². The van der Waals surface area contributed by atoms with Crippen molar-refractivity contribution in [1.29, 1.82) is 0 Å². The lowest BCUT2D eigenvalue weighted by molar-refractivity contribution is -0.114. The van der Waals surface area contributed by atoms with Crippen LogP contribution in [0.4, 0.5) is 5.69 Å². The molecular formula is C21H22N2O7S. The van der Waals surface area contributed by atoms with E-state index in [0.29, 0.717) is 4.90 Å². The van der Waals surface area contributed by atoms with E-state index in [1.165, 1.54) is 6.07 Å². The summed E-state index contributed by atoms with van der Waals surface area (Å²) in [4.78, 5) is 39.6. The molecule has 10 heteroatoms. The van der Waals surface area contributed by atoms with Crippen molar-refractivity contribution >= 4 is 33.2 Å². The van der Waals surface area contributed by atoms with Gasteiger partial charge in [0.25, 0.3) is 11.8 Å². The highest BCUT2D eigenvalue weighted by Gasteiger charge is 2.43. The highest BCUT2D eigenvalue weighted by molar-refractivity contribution is 7.90. The van der Waals surface area contributed by atoms with E-state index >= 15 is 0 Å². The van der Waals surface area contributed by atoms with E-state index in [-0.39, 0.29) is 5.56 Å². The fourth-order valence-electron chi connectivity index (χ4n) is 3.24. The second-order valence-corrected chi connectivity index (χ2v) is 7.93. The SMILES string of the molecule is [2H]C([2H])([2H])Oc1ccc(C(CS(=O)(=O)C([2H])([2H])[2H])N2C(=O)c3cccc(NC(=O)C([2H])([2H])[2H])c3C2=O)cc1OC([2H])([2H])[2H]. The molecule has 0 aliphatic carbocycles. The zero-order valence-electron chi connectivity index (χ0n) is 27.5. The van der Waals surface area contributed by atoms with E-state index in [1.54, 1.807) is 0 Å². The predicted molar refractivity (Wildman–Crippen MR) is 113 cm³/mol. The molecule has 1 atom stereocenters. The summed E-state index contributed by atoms with van der Waals surface area (Å²) >= 11 is 0. The van der Waals surface area contributed by atoms with Gasteiger partial charge in [0, 0.05) is 21.3 Å². The molecule has 3 amide bonds. The van der Waals surface area contributed by atoms with E-state index < -0.39 is 94.8 Å². The molecule has 0 fully saturated rings. The minimum Gasteiger partial charge on any atom is -0.493 e. The van der Waals surface area contributed by atoms with Gasteiger partial charge >= 0.3 is 0 Å². The van der Waals surface area contributed by atoms with Gasteiger partial charge in [0.1, 0.15) is 9.84 Å². The van der Waals surface area contributed by atoms with Crippen molar-refractivity contribution in [3.63, 3.8) is 0 Å². The smallest absolute Gasteiger partial charge is 0.264 e. The first kappa shape index (κ1) is 11.3. The van der Waals surface area contributed by atoms with Crippen LogP contribution in [0.2, 0.25) is 0 Å². The molecule has 31 heavy (non-hydrogen) atoms. The minimum atomic E-state index is -5.12. The van der Waals surface area contributed by atoms with E-state index in [2.05, 4.69) is 0 Å². The normalized spacial score (nSPS) is 21.6. The number of sulfone groups is 1. The topological polar surface area (TPSA) is 119 Å². The van der Waals surface area contributed by atoms with Crippen LogP contribution in [0.1, 0.15) is 55.6 Å². The zero-order chi connectivity index (χ0) is 32.9. The number of amides is 3. The summed E-state index contributed by atoms with van der Waals surface area (Å²) in [5.41, 5.74) is -1.72. The van der Waals surface area contributed by atoms with E-state index in [4.69, 9.17) is 25.9 Å². The van der Waals surface area contributed by atoms with Crippen LogP contribution < -0.4 is 14.8 Å². The van der Waals surface area contributed by atoms with Gasteiger partial charge in [-0.05, 0) is 29.8 Å². The Labute approximate surface area is 196 Å². The summed E-state index contributed by atoms with van der Waals surface area (Å²) in [6.07, 6.45) is -3.63. The molecule has 1 aliphatic heterocycles. The van der Waals surface area contributed by atoms with Crippen LogP contribution >= 0.6 is 0 Å². The average molecular weight is 459 g/mol. The average Bonchev–Trinajstić information content (AvgIpc) is 3.06. The minimum absolute atomic E-state index is 0.345. The summed E-state index contributed by atoms with van der Waals surface area (Å²) in [5.74, 6) is -6.76. The number of benzene rings is 2. The fraction of sp³-hybridized carbons (Fsp3) is 0.286. The molecule has 2 aromatic carbocycles. The molecule has 2 aromatic rings. The third-order valence-electron chi connectivity index (χ3n) is 4.46. The highest BCUT2D eigenvalue weighted by Crippen LogP contribution is 2.38. The maximum Gasteiger partial charge on any atom is 0.264 e. The Hall–Kier alpha value is -3.40. The molecule has 3 rings (SSSR count). The van der Waals surface area contributed by atoms with E-state index in [0.717, 1.165) is 30.3 Å². The van der Waals surface area contributed by atoms with Crippen molar-refractivity contribution in [3.05, 3.63) is 53.1 Å². The maximum absolute atomic E-state index is 13.6. The van der Waals surface area contributed by atoms with Crippen molar-refractivity contribution in [2.75, 3.05) is 31.3 Å². The number of fused-ring (bicyclic) bond motifs is 1. The number of hydrogen-bond donors (Lipinski definition) is 1. The quantitative estimate of drug-likeness (QED) is 0.631. The summed E-state index contributed by atoms with van der Waals surface area (Å²) in [5, 5.41) is 2.01. The second-order valence-electron chi connectivity index (χ2n) is 6.37. The number of imide groups is 1. The molecule has 164 valence electrons. The van der Waals surface area contributed by atoms with E-state index in [9.17, 15) is 22.8 Å². The third kappa shape index (κ3) is 4.38. The fourth-order valence-corrected chi connectivity index (χ4v) is 3.99. The first-order valence-corrected chi connectivity index (χ1v) is 10.0. The van der Waals surface area contributed by atoms with Crippen LogP contribution in [-0.4, -0.2) is 57.1 Å². The van der Waals surface area contributed by atoms with Crippen molar-refractivity contribution < 1.29 is 48.7 Å². The molecule has 1 unspecified atom stereocenters. The molecular weight excluding hydrogens is 424 g/mol. The van der Waals surface area contributed by atoms with Gasteiger partial charge in [-0.15, -0.1) is 0 Å². The molecule has 1 aliphatic rings. The van der Waals surface area contributed by atoms with Crippen molar-refractivity contribution in [1.82, 2.24) is 4.90 Å². The lowest BCUT2D eigenvalue weighted by Gasteiger charge is -2.26. The first-order chi connectivity index (χ1) is 19.3. The first-order valence-electron chi connectivity index (χ1n) is 14.4. The molecule has 9 nitrogen and oxygen atoms in total. The molecule has 0 bridgehead atoms. The molecule has 1 N–H and O–H groups in total. The Morgan fingerprint density at radius 3 is 2.61 bits per heavy atom. The van der Waals surface area contributed by atoms with Gasteiger partial charge in [-0.25, -0.2) is 8.42 Å². The van der Waals surface area contributed by atoms with Crippen LogP contribution in [0.3, 0.4) is 0 Å². The van der Waals surface area contributed by atoms with Gasteiger partial charge in [0.05, 0.1) is 50.9 Å². The molecule has 0 saturated carbocycles. The Bertz CT molecular complexity index is 1560. The number of anilines is 1. The van der Waals surface area contributed by atoms with Crippen LogP contribution in [0.5, 0.6) is 11.5 Å². The summed E-state index contributed by atoms with van der Waals surface area (Å²) in [6.45, 7) is -3.15. The van der Waals surface area contributed by atoms with Crippen molar-refractivity contribution in [2.24, 2.45) is 0 Å². The molecule has 1 heterocycles. The number of carbonyl (C=O) groups is 3. The summed E-state index contributed by atoms with van der Waals surface area (Å²) < 4.78 is 123. The predicted octanol–water partition coefficient (Wildman–Crippen LogP) is 2.04. The Morgan fingerprint density at radius 1 is 1.13 bits per heavy atom. The lowest BCUT2D eigenvalue weighted by atomic mass is 10.1. The summed E-state index contributed by atoms with van der Waals surface area (Å²) in [6, 6.07) is 4.03. The van der Waals surface area contributed by atoms with Crippen LogP contribution in [0.15, 0.2) is 36.4 Å². The molecule has 0 radical (unpaired) electrons. The van der Waals surface area contributed by atoms with Gasteiger partial charge in [0.15, 0.2) is 11.5 Å². The number of hydrogen-bond acceptors (Lipinski definition) is 7. The molecule has 0 saturated heterocycles. The third-order valence-corrected chi connectivity index (χ3v) is 5.21. The van der Waals surface area contributed by atoms with Gasteiger partial charge in [-0.1, -0.05) is 12.1 Å². The number of ether oxygens (including phenoxy) is 2. The zero-order valence-corrected chi connectivity index (χ0v) is 16.3. The number of rotatable bonds is 7. The number of methoxy groups -OCH3 is 2.